The average Bonchev–Trinajstić information content (AvgIpc) is 2.87. The Kier molecular flexibility index (Phi) is 4.21. The Morgan fingerprint density at radius 3 is 2.74 bits per heavy atom. The molecule has 1 aliphatic heterocycles. The zero-order valence-electron chi connectivity index (χ0n) is 12.2. The molecule has 0 spiro atoms. The van der Waals surface area contributed by atoms with Crippen molar-refractivity contribution in [2.45, 2.75) is 31.2 Å². The molecule has 0 amide bonds. The maximum Gasteiger partial charge on any atom is 0.240 e. The first-order chi connectivity index (χ1) is 10.9. The number of nitrogens with zero attached hydrogens (tertiary/aromatic N) is 4. The quantitative estimate of drug-likeness (QED) is 0.847. The monoisotopic (exact) mass is 384 g/mol. The SMILES string of the molecule is N#Cc1nc(N2CCC(N)(CC(F)F)CC2)nc2[nH]cc(Br)c12. The normalized spacial score (nSPS) is 17.7. The number of H-pyrrole nitrogens is 1. The van der Waals surface area contributed by atoms with E-state index in [0.717, 1.165) is 4.47 Å². The third-order valence-corrected chi connectivity index (χ3v) is 4.81. The van der Waals surface area contributed by atoms with Crippen molar-refractivity contribution in [3.05, 3.63) is 16.4 Å². The van der Waals surface area contributed by atoms with Crippen molar-refractivity contribution in [3.8, 4) is 6.07 Å². The molecule has 0 atom stereocenters. The molecule has 0 aliphatic carbocycles. The Labute approximate surface area is 139 Å². The fourth-order valence-electron chi connectivity index (χ4n) is 2.87. The molecular weight excluding hydrogens is 370 g/mol. The van der Waals surface area contributed by atoms with Crippen LogP contribution in [0.5, 0.6) is 0 Å². The largest absolute Gasteiger partial charge is 0.345 e. The van der Waals surface area contributed by atoms with Crippen LogP contribution in [0, 0.1) is 11.3 Å². The highest BCUT2D eigenvalue weighted by Crippen LogP contribution is 2.30. The number of halogens is 3. The van der Waals surface area contributed by atoms with E-state index in [2.05, 4.69) is 37.0 Å². The van der Waals surface area contributed by atoms with Crippen LogP contribution in [0.25, 0.3) is 11.0 Å². The standard InChI is InChI=1S/C14H15BrF2N6/c15-8-7-20-12-11(8)9(6-18)21-13(22-12)23-3-1-14(19,2-4-23)5-10(16)17/h7,10H,1-5,19H2,(H,20,21,22). The number of alkyl halides is 2. The minimum Gasteiger partial charge on any atom is -0.345 e. The number of hydrogen-bond donors (Lipinski definition) is 2. The lowest BCUT2D eigenvalue weighted by Gasteiger charge is -2.39. The van der Waals surface area contributed by atoms with Gasteiger partial charge in [0, 0.05) is 35.7 Å². The molecule has 9 heteroatoms. The predicted octanol–water partition coefficient (Wildman–Crippen LogP) is 2.54. The second-order valence-electron chi connectivity index (χ2n) is 5.79. The van der Waals surface area contributed by atoms with Crippen molar-refractivity contribution >= 4 is 32.9 Å². The van der Waals surface area contributed by atoms with E-state index >= 15 is 0 Å². The minimum atomic E-state index is -2.40. The molecule has 0 bridgehead atoms. The molecule has 3 heterocycles. The van der Waals surface area contributed by atoms with Crippen LogP contribution < -0.4 is 10.6 Å². The summed E-state index contributed by atoms with van der Waals surface area (Å²) in [5.41, 5.74) is 6.03. The smallest absolute Gasteiger partial charge is 0.240 e. The number of anilines is 1. The molecule has 1 aliphatic rings. The molecule has 0 aromatic carbocycles. The van der Waals surface area contributed by atoms with Gasteiger partial charge in [-0.15, -0.1) is 0 Å². The minimum absolute atomic E-state index is 0.273. The molecule has 2 aromatic rings. The molecule has 1 saturated heterocycles. The molecular formula is C14H15BrF2N6. The maximum atomic E-state index is 12.6. The summed E-state index contributed by atoms with van der Waals surface area (Å²) >= 11 is 3.35. The summed E-state index contributed by atoms with van der Waals surface area (Å²) in [6.07, 6.45) is -0.119. The molecule has 0 radical (unpaired) electrons. The van der Waals surface area contributed by atoms with Crippen LogP contribution in [0.15, 0.2) is 10.7 Å². The van der Waals surface area contributed by atoms with Crippen LogP contribution in [0.4, 0.5) is 14.7 Å². The summed E-state index contributed by atoms with van der Waals surface area (Å²) in [7, 11) is 0. The van der Waals surface area contributed by atoms with Gasteiger partial charge in [-0.25, -0.2) is 13.8 Å². The fourth-order valence-corrected chi connectivity index (χ4v) is 3.36. The molecule has 6 nitrogen and oxygen atoms in total. The zero-order valence-corrected chi connectivity index (χ0v) is 13.8. The lowest BCUT2D eigenvalue weighted by molar-refractivity contribution is 0.0953. The van der Waals surface area contributed by atoms with Crippen molar-refractivity contribution in [1.82, 2.24) is 15.0 Å². The highest BCUT2D eigenvalue weighted by atomic mass is 79.9. The van der Waals surface area contributed by atoms with E-state index in [-0.39, 0.29) is 12.1 Å². The van der Waals surface area contributed by atoms with E-state index in [1.807, 2.05) is 4.90 Å². The van der Waals surface area contributed by atoms with E-state index in [0.29, 0.717) is 42.9 Å². The third-order valence-electron chi connectivity index (χ3n) is 4.18. The summed E-state index contributed by atoms with van der Waals surface area (Å²) < 4.78 is 25.9. The summed E-state index contributed by atoms with van der Waals surface area (Å²) in [5.74, 6) is 0.419. The fraction of sp³-hybridized carbons (Fsp3) is 0.500. The van der Waals surface area contributed by atoms with E-state index in [1.165, 1.54) is 0 Å². The molecule has 1 fully saturated rings. The number of aromatic amines is 1. The van der Waals surface area contributed by atoms with Crippen molar-refractivity contribution in [3.63, 3.8) is 0 Å². The van der Waals surface area contributed by atoms with Gasteiger partial charge >= 0.3 is 0 Å². The first-order valence-corrected chi connectivity index (χ1v) is 7.98. The Morgan fingerprint density at radius 1 is 1.43 bits per heavy atom. The van der Waals surface area contributed by atoms with Crippen LogP contribution in [-0.4, -0.2) is 40.0 Å². The van der Waals surface area contributed by atoms with Gasteiger partial charge in [-0.2, -0.15) is 10.2 Å². The van der Waals surface area contributed by atoms with Gasteiger partial charge in [0.05, 0.1) is 5.39 Å². The van der Waals surface area contributed by atoms with Gasteiger partial charge in [0.1, 0.15) is 11.7 Å². The van der Waals surface area contributed by atoms with Crippen molar-refractivity contribution in [2.24, 2.45) is 5.73 Å². The van der Waals surface area contributed by atoms with Gasteiger partial charge in [-0.3, -0.25) is 0 Å². The van der Waals surface area contributed by atoms with Gasteiger partial charge in [0.25, 0.3) is 0 Å². The topological polar surface area (TPSA) is 94.6 Å². The van der Waals surface area contributed by atoms with Crippen molar-refractivity contribution in [1.29, 1.82) is 5.26 Å². The first-order valence-electron chi connectivity index (χ1n) is 7.18. The first kappa shape index (κ1) is 16.1. The van der Waals surface area contributed by atoms with Gasteiger partial charge in [0.15, 0.2) is 5.69 Å². The summed E-state index contributed by atoms with van der Waals surface area (Å²) in [6.45, 7) is 0.975. The number of piperidine rings is 1. The predicted molar refractivity (Wildman–Crippen MR) is 85.3 cm³/mol. The Balaban J connectivity index is 1.84. The number of nitriles is 1. The number of nitrogens with two attached hydrogens (primary N) is 1. The van der Waals surface area contributed by atoms with E-state index in [4.69, 9.17) is 5.73 Å². The van der Waals surface area contributed by atoms with E-state index in [9.17, 15) is 14.0 Å². The summed E-state index contributed by atoms with van der Waals surface area (Å²) in [6, 6.07) is 2.07. The number of rotatable bonds is 3. The van der Waals surface area contributed by atoms with Crippen molar-refractivity contribution in [2.75, 3.05) is 18.0 Å². The highest BCUT2D eigenvalue weighted by molar-refractivity contribution is 9.10. The Hall–Kier alpha value is -1.79. The molecule has 0 saturated carbocycles. The van der Waals surface area contributed by atoms with E-state index < -0.39 is 12.0 Å². The van der Waals surface area contributed by atoms with Crippen LogP contribution in [0.3, 0.4) is 0 Å². The second kappa shape index (κ2) is 6.02. The Morgan fingerprint density at radius 2 is 2.13 bits per heavy atom. The lowest BCUT2D eigenvalue weighted by atomic mass is 9.86. The van der Waals surface area contributed by atoms with Gasteiger partial charge < -0.3 is 15.6 Å². The van der Waals surface area contributed by atoms with Gasteiger partial charge in [0.2, 0.25) is 12.4 Å². The average molecular weight is 385 g/mol. The number of hydrogen-bond acceptors (Lipinski definition) is 5. The summed E-state index contributed by atoms with van der Waals surface area (Å²) in [5, 5.41) is 9.92. The molecule has 23 heavy (non-hydrogen) atoms. The zero-order chi connectivity index (χ0) is 16.6. The van der Waals surface area contributed by atoms with Gasteiger partial charge in [-0.05, 0) is 28.8 Å². The van der Waals surface area contributed by atoms with Crippen LogP contribution in [0.2, 0.25) is 0 Å². The molecule has 122 valence electrons. The van der Waals surface area contributed by atoms with E-state index in [1.54, 1.807) is 6.20 Å². The highest BCUT2D eigenvalue weighted by Gasteiger charge is 2.34. The molecule has 3 rings (SSSR count). The summed E-state index contributed by atoms with van der Waals surface area (Å²) in [4.78, 5) is 13.6. The molecule has 2 aromatic heterocycles. The van der Waals surface area contributed by atoms with Crippen molar-refractivity contribution < 1.29 is 8.78 Å². The van der Waals surface area contributed by atoms with Crippen LogP contribution >= 0.6 is 15.9 Å². The van der Waals surface area contributed by atoms with Gasteiger partial charge in [-0.1, -0.05) is 0 Å². The van der Waals surface area contributed by atoms with Crippen LogP contribution in [0.1, 0.15) is 25.0 Å². The molecule has 0 unspecified atom stereocenters. The Bertz CT molecular complexity index is 760. The number of aromatic nitrogens is 3. The number of fused-ring (bicyclic) bond motifs is 1. The molecule has 3 N–H and O–H groups in total. The number of nitrogens with one attached hydrogen (secondary N) is 1. The lowest BCUT2D eigenvalue weighted by Crippen LogP contribution is -2.51. The third kappa shape index (κ3) is 3.14. The second-order valence-corrected chi connectivity index (χ2v) is 6.64. The maximum absolute atomic E-state index is 12.6. The van der Waals surface area contributed by atoms with Crippen LogP contribution in [-0.2, 0) is 0 Å².